The second-order valence-electron chi connectivity index (χ2n) is 7.71. The van der Waals surface area contributed by atoms with E-state index in [1.165, 1.54) is 0 Å². The Morgan fingerprint density at radius 1 is 1.03 bits per heavy atom. The summed E-state index contributed by atoms with van der Waals surface area (Å²) in [4.78, 5) is 19.2. The number of nitrogens with zero attached hydrogens (tertiary/aromatic N) is 3. The molecule has 0 aliphatic rings. The van der Waals surface area contributed by atoms with Gasteiger partial charge in [0.25, 0.3) is 5.91 Å². The molecule has 8 nitrogen and oxygen atoms in total. The molecule has 170 valence electrons. The summed E-state index contributed by atoms with van der Waals surface area (Å²) in [6.07, 6.45) is -0.659. The van der Waals surface area contributed by atoms with E-state index in [0.717, 1.165) is 11.1 Å². The number of aromatic nitrogens is 2. The Morgan fingerprint density at radius 2 is 1.72 bits per heavy atom. The zero-order chi connectivity index (χ0) is 23.3. The minimum Gasteiger partial charge on any atom is -0.493 e. The number of benzene rings is 2. The number of ether oxygens (including phenoxy) is 3. The lowest BCUT2D eigenvalue weighted by atomic mass is 10.2. The van der Waals surface area contributed by atoms with E-state index in [0.29, 0.717) is 29.0 Å². The first kappa shape index (κ1) is 23.1. The molecule has 0 fully saturated rings. The highest BCUT2D eigenvalue weighted by molar-refractivity contribution is 5.81. The van der Waals surface area contributed by atoms with E-state index in [1.54, 1.807) is 38.2 Å². The molecule has 2 aromatic carbocycles. The van der Waals surface area contributed by atoms with Crippen molar-refractivity contribution in [3.05, 3.63) is 53.9 Å². The summed E-state index contributed by atoms with van der Waals surface area (Å²) >= 11 is 0. The maximum Gasteiger partial charge on any atom is 0.264 e. The van der Waals surface area contributed by atoms with Crippen molar-refractivity contribution in [1.82, 2.24) is 15.0 Å². The van der Waals surface area contributed by atoms with Gasteiger partial charge in [-0.05, 0) is 58.0 Å². The number of aryl methyl sites for hydroxylation is 1. The predicted molar refractivity (Wildman–Crippen MR) is 120 cm³/mol. The molecule has 0 saturated heterocycles. The van der Waals surface area contributed by atoms with E-state index in [2.05, 4.69) is 10.1 Å². The fourth-order valence-corrected chi connectivity index (χ4v) is 3.18. The van der Waals surface area contributed by atoms with E-state index in [1.807, 2.05) is 51.1 Å². The van der Waals surface area contributed by atoms with Crippen LogP contribution in [-0.4, -0.2) is 47.3 Å². The molecule has 32 heavy (non-hydrogen) atoms. The fourth-order valence-electron chi connectivity index (χ4n) is 3.18. The second kappa shape index (κ2) is 10.2. The zero-order valence-corrected chi connectivity index (χ0v) is 19.3. The van der Waals surface area contributed by atoms with Crippen LogP contribution in [0.2, 0.25) is 0 Å². The van der Waals surface area contributed by atoms with Crippen LogP contribution in [0.1, 0.15) is 32.2 Å². The van der Waals surface area contributed by atoms with Crippen molar-refractivity contribution in [2.45, 2.75) is 46.4 Å². The number of hydrogen-bond donors (Lipinski definition) is 0. The Labute approximate surface area is 188 Å². The highest BCUT2D eigenvalue weighted by atomic mass is 16.5. The van der Waals surface area contributed by atoms with Gasteiger partial charge in [-0.15, -0.1) is 0 Å². The summed E-state index contributed by atoms with van der Waals surface area (Å²) in [7, 11) is 3.14. The van der Waals surface area contributed by atoms with Gasteiger partial charge in [0.1, 0.15) is 12.3 Å². The summed E-state index contributed by atoms with van der Waals surface area (Å²) in [5.74, 6) is 2.40. The Bertz CT molecular complexity index is 1050. The summed E-state index contributed by atoms with van der Waals surface area (Å²) in [5.41, 5.74) is 1.85. The molecule has 3 aromatic rings. The van der Waals surface area contributed by atoms with Crippen molar-refractivity contribution >= 4 is 5.91 Å². The second-order valence-corrected chi connectivity index (χ2v) is 7.71. The summed E-state index contributed by atoms with van der Waals surface area (Å²) in [6, 6.07) is 12.9. The van der Waals surface area contributed by atoms with Gasteiger partial charge < -0.3 is 23.6 Å². The molecule has 0 spiro atoms. The number of hydrogen-bond acceptors (Lipinski definition) is 7. The van der Waals surface area contributed by atoms with Crippen LogP contribution in [0, 0.1) is 6.92 Å². The first-order valence-corrected chi connectivity index (χ1v) is 10.4. The van der Waals surface area contributed by atoms with Gasteiger partial charge >= 0.3 is 0 Å². The van der Waals surface area contributed by atoms with Gasteiger partial charge in [0.2, 0.25) is 11.7 Å². The van der Waals surface area contributed by atoms with E-state index in [-0.39, 0.29) is 18.5 Å². The molecule has 0 radical (unpaired) electrons. The van der Waals surface area contributed by atoms with Gasteiger partial charge in [-0.1, -0.05) is 22.9 Å². The van der Waals surface area contributed by atoms with Crippen molar-refractivity contribution < 1.29 is 23.5 Å². The molecule has 0 aliphatic heterocycles. The third-order valence-electron chi connectivity index (χ3n) is 5.00. The monoisotopic (exact) mass is 439 g/mol. The molecule has 0 bridgehead atoms. The molecule has 0 saturated carbocycles. The van der Waals surface area contributed by atoms with Crippen LogP contribution in [0.5, 0.6) is 17.2 Å². The molecule has 1 atom stereocenters. The third-order valence-corrected chi connectivity index (χ3v) is 5.00. The molecule has 0 aliphatic carbocycles. The maximum atomic E-state index is 13.1. The van der Waals surface area contributed by atoms with Gasteiger partial charge in [-0.25, -0.2) is 0 Å². The first-order chi connectivity index (χ1) is 15.3. The van der Waals surface area contributed by atoms with Crippen molar-refractivity contribution in [2.75, 3.05) is 14.2 Å². The zero-order valence-electron chi connectivity index (χ0n) is 19.3. The average Bonchev–Trinajstić information content (AvgIpc) is 3.26. The Hall–Kier alpha value is -3.55. The molecule has 0 N–H and O–H groups in total. The predicted octanol–water partition coefficient (Wildman–Crippen LogP) is 4.27. The first-order valence-electron chi connectivity index (χ1n) is 10.4. The lowest BCUT2D eigenvalue weighted by molar-refractivity contribution is -0.140. The molecular formula is C24H29N3O5. The van der Waals surface area contributed by atoms with Crippen LogP contribution in [-0.2, 0) is 11.3 Å². The van der Waals surface area contributed by atoms with Gasteiger partial charge in [0, 0.05) is 11.6 Å². The Balaban J connectivity index is 1.73. The number of amides is 1. The molecule has 8 heteroatoms. The van der Waals surface area contributed by atoms with Crippen LogP contribution in [0.3, 0.4) is 0 Å². The van der Waals surface area contributed by atoms with E-state index in [4.69, 9.17) is 18.7 Å². The van der Waals surface area contributed by atoms with E-state index in [9.17, 15) is 4.79 Å². The Kier molecular flexibility index (Phi) is 7.35. The van der Waals surface area contributed by atoms with E-state index >= 15 is 0 Å². The third kappa shape index (κ3) is 5.38. The average molecular weight is 440 g/mol. The van der Waals surface area contributed by atoms with Crippen LogP contribution < -0.4 is 14.2 Å². The fraction of sp³-hybridized carbons (Fsp3) is 0.375. The van der Waals surface area contributed by atoms with Crippen molar-refractivity contribution in [1.29, 1.82) is 0 Å². The molecule has 3 rings (SSSR count). The van der Waals surface area contributed by atoms with Gasteiger partial charge in [-0.3, -0.25) is 4.79 Å². The molecule has 1 amide bonds. The van der Waals surface area contributed by atoms with Crippen molar-refractivity contribution in [3.63, 3.8) is 0 Å². The largest absolute Gasteiger partial charge is 0.493 e. The van der Waals surface area contributed by atoms with Crippen molar-refractivity contribution in [2.24, 2.45) is 0 Å². The van der Waals surface area contributed by atoms with Gasteiger partial charge in [0.05, 0.1) is 14.2 Å². The number of rotatable bonds is 9. The number of carbonyl (C=O) groups excluding carboxylic acids is 1. The number of carbonyl (C=O) groups is 1. The minimum absolute atomic E-state index is 0.0806. The van der Waals surface area contributed by atoms with Crippen LogP contribution in [0.25, 0.3) is 11.4 Å². The smallest absolute Gasteiger partial charge is 0.264 e. The minimum atomic E-state index is -0.659. The lowest BCUT2D eigenvalue weighted by Gasteiger charge is -2.28. The Morgan fingerprint density at radius 3 is 2.34 bits per heavy atom. The summed E-state index contributed by atoms with van der Waals surface area (Å²) < 4.78 is 21.9. The standard InChI is InChI=1S/C24H29N3O5/c1-15(2)27(24(28)17(4)31-19-10-7-16(3)8-11-19)14-22-25-23(26-32-22)18-9-12-20(29-5)21(13-18)30-6/h7-13,15,17H,14H2,1-6H3/t17-/m0/s1. The molecule has 1 aromatic heterocycles. The quantitative estimate of drug-likeness (QED) is 0.492. The van der Waals surface area contributed by atoms with Crippen molar-refractivity contribution in [3.8, 4) is 28.6 Å². The number of methoxy groups -OCH3 is 2. The highest BCUT2D eigenvalue weighted by Gasteiger charge is 2.26. The lowest BCUT2D eigenvalue weighted by Crippen LogP contribution is -2.43. The highest BCUT2D eigenvalue weighted by Crippen LogP contribution is 2.31. The van der Waals surface area contributed by atoms with E-state index < -0.39 is 6.10 Å². The topological polar surface area (TPSA) is 86.9 Å². The SMILES string of the molecule is COc1ccc(-c2noc(CN(C(=O)[C@H](C)Oc3ccc(C)cc3)C(C)C)n2)cc1OC. The van der Waals surface area contributed by atoms with Crippen LogP contribution >= 0.6 is 0 Å². The van der Waals surface area contributed by atoms with Crippen LogP contribution in [0.15, 0.2) is 47.0 Å². The van der Waals surface area contributed by atoms with Gasteiger partial charge in [0.15, 0.2) is 17.6 Å². The molecule has 0 unspecified atom stereocenters. The molecular weight excluding hydrogens is 410 g/mol. The summed E-state index contributed by atoms with van der Waals surface area (Å²) in [6.45, 7) is 7.78. The maximum absolute atomic E-state index is 13.1. The summed E-state index contributed by atoms with van der Waals surface area (Å²) in [5, 5.41) is 4.06. The van der Waals surface area contributed by atoms with Crippen LogP contribution in [0.4, 0.5) is 0 Å². The van der Waals surface area contributed by atoms with Gasteiger partial charge in [-0.2, -0.15) is 4.98 Å². The normalized spacial score (nSPS) is 11.8. The molecule has 1 heterocycles.